The summed E-state index contributed by atoms with van der Waals surface area (Å²) in [5.41, 5.74) is 0. The number of carbonyl (C=O) groups is 2. The zero-order valence-electron chi connectivity index (χ0n) is 14.2. The lowest BCUT2D eigenvalue weighted by molar-refractivity contribution is -0.155. The van der Waals surface area contributed by atoms with Gasteiger partial charge in [0.05, 0.1) is 7.11 Å². The number of ether oxygens (including phenoxy) is 1. The van der Waals surface area contributed by atoms with E-state index in [1.807, 2.05) is 13.8 Å². The van der Waals surface area contributed by atoms with Gasteiger partial charge >= 0.3 is 5.97 Å². The first-order chi connectivity index (χ1) is 10.7. The number of rotatable bonds is 6. The number of carbonyl (C=O) groups excluding carboxylic acids is 2. The third-order valence-corrected chi connectivity index (χ3v) is 5.72. The van der Waals surface area contributed by atoms with Crippen molar-refractivity contribution in [2.24, 2.45) is 11.8 Å². The molecule has 1 saturated heterocycles. The maximum Gasteiger partial charge on any atom is 0.328 e. The van der Waals surface area contributed by atoms with Gasteiger partial charge in [0, 0.05) is 31.5 Å². The molecule has 132 valence electrons. The molecular weight excluding hydrogens is 320 g/mol. The average Bonchev–Trinajstić information content (AvgIpc) is 2.53. The lowest BCUT2D eigenvalue weighted by Gasteiger charge is -2.35. The molecule has 0 aromatic carbocycles. The van der Waals surface area contributed by atoms with Gasteiger partial charge in [-0.25, -0.2) is 13.2 Å². The smallest absolute Gasteiger partial charge is 0.328 e. The van der Waals surface area contributed by atoms with E-state index in [-0.39, 0.29) is 30.8 Å². The molecule has 1 heterocycles. The Kier molecular flexibility index (Phi) is 6.76. The number of esters is 1. The molecule has 0 aromatic rings. The van der Waals surface area contributed by atoms with Crippen LogP contribution < -0.4 is 0 Å². The predicted octanol–water partition coefficient (Wildman–Crippen LogP) is 0.828. The summed E-state index contributed by atoms with van der Waals surface area (Å²) in [5.74, 6) is -0.952. The Bertz CT molecular complexity index is 550. The Balaban J connectivity index is 2.76. The number of hydrogen-bond acceptors (Lipinski definition) is 5. The predicted molar refractivity (Wildman–Crippen MR) is 86.8 cm³/mol. The molecule has 0 spiro atoms. The van der Waals surface area contributed by atoms with Gasteiger partial charge in [-0.15, -0.1) is 0 Å². The number of likely N-dealkylation sites (N-methyl/N-ethyl adjacent to an activating group) is 1. The van der Waals surface area contributed by atoms with Gasteiger partial charge < -0.3 is 9.64 Å². The largest absolute Gasteiger partial charge is 0.467 e. The van der Waals surface area contributed by atoms with Crippen LogP contribution in [0.4, 0.5) is 0 Å². The van der Waals surface area contributed by atoms with Crippen LogP contribution >= 0.6 is 0 Å². The van der Waals surface area contributed by atoms with E-state index in [2.05, 4.69) is 6.58 Å². The van der Waals surface area contributed by atoms with E-state index < -0.39 is 22.0 Å². The average molecular weight is 346 g/mol. The fourth-order valence-corrected chi connectivity index (χ4v) is 3.82. The van der Waals surface area contributed by atoms with E-state index in [0.29, 0.717) is 12.8 Å². The summed E-state index contributed by atoms with van der Waals surface area (Å²) in [5, 5.41) is 0.924. The molecule has 8 heteroatoms. The molecule has 1 unspecified atom stereocenters. The topological polar surface area (TPSA) is 84.0 Å². The second-order valence-corrected chi connectivity index (χ2v) is 7.93. The lowest BCUT2D eigenvalue weighted by Crippen LogP contribution is -2.50. The van der Waals surface area contributed by atoms with Crippen LogP contribution in [-0.4, -0.2) is 62.8 Å². The van der Waals surface area contributed by atoms with Crippen LogP contribution in [0.2, 0.25) is 0 Å². The molecule has 0 aromatic heterocycles. The summed E-state index contributed by atoms with van der Waals surface area (Å²) >= 11 is 0. The Hall–Kier alpha value is -1.41. The van der Waals surface area contributed by atoms with Gasteiger partial charge in [0.25, 0.3) is 0 Å². The van der Waals surface area contributed by atoms with Gasteiger partial charge in [0.1, 0.15) is 6.04 Å². The van der Waals surface area contributed by atoms with Crippen molar-refractivity contribution in [3.63, 3.8) is 0 Å². The minimum atomic E-state index is -3.44. The third kappa shape index (κ3) is 4.54. The molecule has 7 nitrogen and oxygen atoms in total. The first-order valence-electron chi connectivity index (χ1n) is 7.62. The molecule has 1 atom stereocenters. The molecule has 1 rings (SSSR count). The summed E-state index contributed by atoms with van der Waals surface area (Å²) in [4.78, 5) is 25.9. The summed E-state index contributed by atoms with van der Waals surface area (Å²) in [6.07, 6.45) is 0.866. The summed E-state index contributed by atoms with van der Waals surface area (Å²) in [6.45, 7) is 7.57. The summed E-state index contributed by atoms with van der Waals surface area (Å²) < 4.78 is 29.6. The zero-order valence-corrected chi connectivity index (χ0v) is 15.0. The Morgan fingerprint density at radius 2 is 1.83 bits per heavy atom. The van der Waals surface area contributed by atoms with Crippen molar-refractivity contribution in [3.05, 3.63) is 12.0 Å². The van der Waals surface area contributed by atoms with Gasteiger partial charge in [0.15, 0.2) is 0 Å². The molecule has 0 saturated carbocycles. The number of amides is 1. The van der Waals surface area contributed by atoms with Crippen LogP contribution in [0.25, 0.3) is 0 Å². The van der Waals surface area contributed by atoms with Crippen molar-refractivity contribution < 1.29 is 22.7 Å². The Labute approximate surface area is 138 Å². The van der Waals surface area contributed by atoms with E-state index >= 15 is 0 Å². The zero-order chi connectivity index (χ0) is 17.8. The molecule has 23 heavy (non-hydrogen) atoms. The van der Waals surface area contributed by atoms with Crippen molar-refractivity contribution in [2.45, 2.75) is 32.7 Å². The number of hydrogen-bond donors (Lipinski definition) is 0. The fraction of sp³-hybridized carbons (Fsp3) is 0.733. The van der Waals surface area contributed by atoms with Crippen molar-refractivity contribution in [1.29, 1.82) is 0 Å². The SMILES string of the molecule is C=CS(=O)(=O)N1CCC(C(=O)N(C)C(C(=O)OC)C(C)C)CC1. The lowest BCUT2D eigenvalue weighted by atomic mass is 9.94. The van der Waals surface area contributed by atoms with Gasteiger partial charge in [-0.3, -0.25) is 4.79 Å². The molecule has 0 N–H and O–H groups in total. The van der Waals surface area contributed by atoms with E-state index in [9.17, 15) is 18.0 Å². The highest BCUT2D eigenvalue weighted by molar-refractivity contribution is 7.92. The van der Waals surface area contributed by atoms with Crippen LogP contribution in [0.3, 0.4) is 0 Å². The minimum absolute atomic E-state index is 0.0716. The van der Waals surface area contributed by atoms with Crippen molar-refractivity contribution in [3.8, 4) is 0 Å². The highest BCUT2D eigenvalue weighted by atomic mass is 32.2. The second-order valence-electron chi connectivity index (χ2n) is 6.05. The van der Waals surface area contributed by atoms with Crippen LogP contribution in [0.15, 0.2) is 12.0 Å². The van der Waals surface area contributed by atoms with E-state index in [1.165, 1.54) is 16.3 Å². The first kappa shape index (κ1) is 19.6. The van der Waals surface area contributed by atoms with Gasteiger partial charge in [-0.2, -0.15) is 4.31 Å². The number of sulfonamides is 1. The van der Waals surface area contributed by atoms with Gasteiger partial charge in [0.2, 0.25) is 15.9 Å². The number of methoxy groups -OCH3 is 1. The molecule has 0 aliphatic carbocycles. The normalized spacial score (nSPS) is 18.5. The summed E-state index contributed by atoms with van der Waals surface area (Å²) in [6, 6.07) is -0.637. The van der Waals surface area contributed by atoms with Crippen LogP contribution in [-0.2, 0) is 24.3 Å². The van der Waals surface area contributed by atoms with Crippen LogP contribution in [0.5, 0.6) is 0 Å². The fourth-order valence-electron chi connectivity index (χ4n) is 2.89. The maximum absolute atomic E-state index is 12.6. The Morgan fingerprint density at radius 1 is 1.30 bits per heavy atom. The standard InChI is InChI=1S/C15H26N2O5S/c1-6-23(20,21)17-9-7-12(8-10-17)14(18)16(4)13(11(2)3)15(19)22-5/h6,11-13H,1,7-10H2,2-5H3. The maximum atomic E-state index is 12.6. The van der Waals surface area contributed by atoms with E-state index in [0.717, 1.165) is 5.41 Å². The first-order valence-corrected chi connectivity index (χ1v) is 9.13. The molecule has 0 bridgehead atoms. The van der Waals surface area contributed by atoms with Crippen molar-refractivity contribution >= 4 is 21.9 Å². The monoisotopic (exact) mass is 346 g/mol. The molecule has 1 aliphatic rings. The Morgan fingerprint density at radius 3 is 2.22 bits per heavy atom. The molecule has 1 aliphatic heterocycles. The van der Waals surface area contributed by atoms with Crippen molar-refractivity contribution in [2.75, 3.05) is 27.2 Å². The quantitative estimate of drug-likeness (QED) is 0.665. The van der Waals surface area contributed by atoms with Crippen LogP contribution in [0.1, 0.15) is 26.7 Å². The van der Waals surface area contributed by atoms with E-state index in [1.54, 1.807) is 7.05 Å². The van der Waals surface area contributed by atoms with Gasteiger partial charge in [-0.1, -0.05) is 20.4 Å². The minimum Gasteiger partial charge on any atom is -0.467 e. The highest BCUT2D eigenvalue weighted by Crippen LogP contribution is 2.24. The highest BCUT2D eigenvalue weighted by Gasteiger charge is 2.36. The van der Waals surface area contributed by atoms with Gasteiger partial charge in [-0.05, 0) is 18.8 Å². The molecular formula is C15H26N2O5S. The molecule has 1 fully saturated rings. The van der Waals surface area contributed by atoms with Crippen LogP contribution in [0, 0.1) is 11.8 Å². The summed E-state index contributed by atoms with van der Waals surface area (Å²) in [7, 11) is -0.545. The molecule has 0 radical (unpaired) electrons. The number of nitrogens with zero attached hydrogens (tertiary/aromatic N) is 2. The van der Waals surface area contributed by atoms with E-state index in [4.69, 9.17) is 4.74 Å². The molecule has 1 amide bonds. The number of piperidine rings is 1. The second kappa shape index (κ2) is 7.92. The third-order valence-electron chi connectivity index (χ3n) is 4.21. The van der Waals surface area contributed by atoms with Crippen molar-refractivity contribution in [1.82, 2.24) is 9.21 Å².